The fourth-order valence-electron chi connectivity index (χ4n) is 3.23. The zero-order valence-electron chi connectivity index (χ0n) is 16.6. The van der Waals surface area contributed by atoms with Crippen molar-refractivity contribution in [3.63, 3.8) is 0 Å². The van der Waals surface area contributed by atoms with Crippen LogP contribution >= 0.6 is 0 Å². The monoisotopic (exact) mass is 401 g/mol. The van der Waals surface area contributed by atoms with Crippen molar-refractivity contribution in [3.8, 4) is 0 Å². The molecule has 1 aliphatic rings. The van der Waals surface area contributed by atoms with Crippen LogP contribution in [-0.2, 0) is 22.6 Å². The van der Waals surface area contributed by atoms with E-state index in [1.54, 1.807) is 26.3 Å². The summed E-state index contributed by atoms with van der Waals surface area (Å²) in [6.45, 7) is 0.927. The third-order valence-electron chi connectivity index (χ3n) is 5.12. The molecule has 0 aliphatic heterocycles. The second-order valence-corrected chi connectivity index (χ2v) is 7.30. The minimum absolute atomic E-state index is 0.0556. The fourth-order valence-corrected chi connectivity index (χ4v) is 3.23. The maximum atomic E-state index is 12.1. The number of guanidine groups is 1. The largest absolute Gasteiger partial charge is 0.411 e. The zero-order valence-corrected chi connectivity index (χ0v) is 16.6. The van der Waals surface area contributed by atoms with Crippen LogP contribution in [0.15, 0.2) is 29.3 Å². The Balaban J connectivity index is 1.74. The van der Waals surface area contributed by atoms with Crippen molar-refractivity contribution in [3.05, 3.63) is 35.4 Å². The zero-order chi connectivity index (χ0) is 20.5. The predicted octanol–water partition coefficient (Wildman–Crippen LogP) is 3.64. The van der Waals surface area contributed by atoms with Gasteiger partial charge in [-0.15, -0.1) is 0 Å². The number of nitrogens with one attached hydrogen (secondary N) is 2. The molecule has 8 heteroatoms. The molecular formula is C20H30F3N3O2. The number of alkyl halides is 3. The van der Waals surface area contributed by atoms with Crippen LogP contribution < -0.4 is 10.6 Å². The summed E-state index contributed by atoms with van der Waals surface area (Å²) < 4.78 is 46.2. The summed E-state index contributed by atoms with van der Waals surface area (Å²) >= 11 is 0. The molecule has 2 N–H and O–H groups in total. The molecule has 1 saturated carbocycles. The molecule has 2 rings (SSSR count). The summed E-state index contributed by atoms with van der Waals surface area (Å²) in [5, 5.41) is 6.67. The average Bonchev–Trinajstić information content (AvgIpc) is 2.63. The number of methoxy groups -OCH3 is 1. The smallest absolute Gasteiger partial charge is 0.385 e. The van der Waals surface area contributed by atoms with Crippen LogP contribution in [0.1, 0.15) is 36.8 Å². The fraction of sp³-hybridized carbons (Fsp3) is 0.650. The number of rotatable bonds is 10. The van der Waals surface area contributed by atoms with Gasteiger partial charge in [-0.3, -0.25) is 4.99 Å². The minimum atomic E-state index is -4.30. The van der Waals surface area contributed by atoms with Crippen LogP contribution in [0.4, 0.5) is 13.2 Å². The molecule has 0 amide bonds. The van der Waals surface area contributed by atoms with Gasteiger partial charge in [-0.1, -0.05) is 30.7 Å². The van der Waals surface area contributed by atoms with Crippen molar-refractivity contribution >= 4 is 5.96 Å². The Morgan fingerprint density at radius 1 is 1.14 bits per heavy atom. The summed E-state index contributed by atoms with van der Waals surface area (Å²) in [6.07, 6.45) is 0.423. The maximum absolute atomic E-state index is 12.1. The van der Waals surface area contributed by atoms with E-state index in [9.17, 15) is 13.2 Å². The van der Waals surface area contributed by atoms with Gasteiger partial charge in [0.15, 0.2) is 5.96 Å². The van der Waals surface area contributed by atoms with E-state index in [2.05, 4.69) is 20.4 Å². The minimum Gasteiger partial charge on any atom is -0.385 e. The first kappa shape index (κ1) is 22.5. The maximum Gasteiger partial charge on any atom is 0.411 e. The number of nitrogens with zero attached hydrogens (tertiary/aromatic N) is 1. The van der Waals surface area contributed by atoms with E-state index in [4.69, 9.17) is 4.74 Å². The van der Waals surface area contributed by atoms with Crippen molar-refractivity contribution in [2.45, 2.75) is 45.0 Å². The molecule has 0 radical (unpaired) electrons. The highest BCUT2D eigenvalue weighted by atomic mass is 19.4. The molecule has 0 saturated heterocycles. The van der Waals surface area contributed by atoms with E-state index in [1.165, 1.54) is 19.3 Å². The van der Waals surface area contributed by atoms with Gasteiger partial charge < -0.3 is 20.1 Å². The van der Waals surface area contributed by atoms with Gasteiger partial charge in [-0.25, -0.2) is 0 Å². The molecule has 1 aromatic carbocycles. The van der Waals surface area contributed by atoms with Gasteiger partial charge in [-0.2, -0.15) is 13.2 Å². The number of benzene rings is 1. The summed E-state index contributed by atoms with van der Waals surface area (Å²) in [6, 6.07) is 7.30. The molecule has 0 aromatic heterocycles. The first-order valence-corrected chi connectivity index (χ1v) is 9.52. The van der Waals surface area contributed by atoms with Crippen molar-refractivity contribution in [1.82, 2.24) is 10.6 Å². The van der Waals surface area contributed by atoms with Crippen molar-refractivity contribution < 1.29 is 22.6 Å². The third-order valence-corrected chi connectivity index (χ3v) is 5.12. The van der Waals surface area contributed by atoms with Gasteiger partial charge in [-0.05, 0) is 35.8 Å². The molecule has 5 nitrogen and oxygen atoms in total. The Bertz CT molecular complexity index is 614. The van der Waals surface area contributed by atoms with E-state index in [0.29, 0.717) is 17.5 Å². The second kappa shape index (κ2) is 10.7. The normalized spacial score (nSPS) is 16.5. The highest BCUT2D eigenvalue weighted by molar-refractivity contribution is 5.79. The number of ether oxygens (including phenoxy) is 2. The lowest BCUT2D eigenvalue weighted by molar-refractivity contribution is -0.176. The Kier molecular flexibility index (Phi) is 8.57. The van der Waals surface area contributed by atoms with Crippen LogP contribution in [-0.4, -0.2) is 46.1 Å². The topological polar surface area (TPSA) is 54.9 Å². The molecular weight excluding hydrogens is 371 g/mol. The van der Waals surface area contributed by atoms with E-state index in [1.807, 2.05) is 12.1 Å². The predicted molar refractivity (Wildman–Crippen MR) is 103 cm³/mol. The third kappa shape index (κ3) is 7.67. The first-order chi connectivity index (χ1) is 13.4. The van der Waals surface area contributed by atoms with Crippen LogP contribution in [0.5, 0.6) is 0 Å². The molecule has 0 atom stereocenters. The molecule has 1 aromatic rings. The quantitative estimate of drug-likeness (QED) is 0.464. The van der Waals surface area contributed by atoms with Crippen molar-refractivity contribution in [2.75, 3.05) is 33.9 Å². The molecule has 28 heavy (non-hydrogen) atoms. The lowest BCUT2D eigenvalue weighted by Gasteiger charge is -2.42. The summed E-state index contributed by atoms with van der Waals surface area (Å²) in [5.41, 5.74) is 2.02. The van der Waals surface area contributed by atoms with Gasteiger partial charge in [0, 0.05) is 33.9 Å². The van der Waals surface area contributed by atoms with Gasteiger partial charge in [0.05, 0.1) is 6.61 Å². The molecule has 158 valence electrons. The lowest BCUT2D eigenvalue weighted by atomic mass is 9.67. The van der Waals surface area contributed by atoms with E-state index >= 15 is 0 Å². The Hall–Kier alpha value is -1.80. The molecule has 0 bridgehead atoms. The van der Waals surface area contributed by atoms with Crippen LogP contribution in [0, 0.1) is 5.41 Å². The Morgan fingerprint density at radius 2 is 1.82 bits per heavy atom. The highest BCUT2D eigenvalue weighted by Crippen LogP contribution is 2.43. The van der Waals surface area contributed by atoms with Gasteiger partial charge >= 0.3 is 6.18 Å². The second-order valence-electron chi connectivity index (χ2n) is 7.30. The summed E-state index contributed by atoms with van der Waals surface area (Å²) in [5.74, 6) is 0.737. The van der Waals surface area contributed by atoms with E-state index in [-0.39, 0.29) is 6.61 Å². The summed E-state index contributed by atoms with van der Waals surface area (Å²) in [7, 11) is 3.47. The highest BCUT2D eigenvalue weighted by Gasteiger charge is 2.36. The van der Waals surface area contributed by atoms with Gasteiger partial charge in [0.1, 0.15) is 6.61 Å². The number of aliphatic imine (C=N–C) groups is 1. The number of hydrogen-bond donors (Lipinski definition) is 2. The lowest BCUT2D eigenvalue weighted by Crippen LogP contribution is -2.46. The average molecular weight is 401 g/mol. The van der Waals surface area contributed by atoms with E-state index in [0.717, 1.165) is 31.1 Å². The molecule has 0 unspecified atom stereocenters. The standard InChI is InChI=1S/C20H30F3N3O2/c1-24-18(26-14-19(8-3-9-19)10-11-27-2)25-12-16-4-6-17(7-5-16)13-28-15-20(21,22)23/h4-7H,3,8-15H2,1-2H3,(H2,24,25,26). The van der Waals surface area contributed by atoms with Crippen LogP contribution in [0.2, 0.25) is 0 Å². The number of halogens is 3. The molecule has 0 heterocycles. The van der Waals surface area contributed by atoms with E-state index < -0.39 is 12.8 Å². The van der Waals surface area contributed by atoms with Crippen molar-refractivity contribution in [2.24, 2.45) is 10.4 Å². The summed E-state index contributed by atoms with van der Waals surface area (Å²) in [4.78, 5) is 4.26. The first-order valence-electron chi connectivity index (χ1n) is 9.52. The number of hydrogen-bond acceptors (Lipinski definition) is 3. The Morgan fingerprint density at radius 3 is 2.36 bits per heavy atom. The Labute approximate surface area is 164 Å². The molecule has 0 spiro atoms. The van der Waals surface area contributed by atoms with Gasteiger partial charge in [0.25, 0.3) is 0 Å². The molecule has 1 aliphatic carbocycles. The SMILES string of the molecule is CN=C(NCc1ccc(COCC(F)(F)F)cc1)NCC1(CCOC)CCC1. The van der Waals surface area contributed by atoms with Gasteiger partial charge in [0.2, 0.25) is 0 Å². The van der Waals surface area contributed by atoms with Crippen molar-refractivity contribution in [1.29, 1.82) is 0 Å². The van der Waals surface area contributed by atoms with Crippen LogP contribution in [0.3, 0.4) is 0 Å². The molecule has 1 fully saturated rings. The van der Waals surface area contributed by atoms with Crippen LogP contribution in [0.25, 0.3) is 0 Å².